The molecule has 3 rings (SSSR count). The van der Waals surface area contributed by atoms with Gasteiger partial charge < -0.3 is 10.1 Å². The Hall–Kier alpha value is -2.66. The summed E-state index contributed by atoms with van der Waals surface area (Å²) in [5, 5.41) is 2.46. The monoisotopic (exact) mass is 474 g/mol. The lowest BCUT2D eigenvalue weighted by atomic mass is 9.98. The second kappa shape index (κ2) is 9.45. The van der Waals surface area contributed by atoms with Gasteiger partial charge in [0.25, 0.3) is 0 Å². The van der Waals surface area contributed by atoms with E-state index in [1.54, 1.807) is 6.92 Å². The first kappa shape index (κ1) is 24.0. The highest BCUT2D eigenvalue weighted by molar-refractivity contribution is 7.89. The summed E-state index contributed by atoms with van der Waals surface area (Å²) in [7, 11) is -3.95. The van der Waals surface area contributed by atoms with Crippen LogP contribution in [0, 0.1) is 11.7 Å². The van der Waals surface area contributed by atoms with Crippen molar-refractivity contribution in [1.29, 1.82) is 0 Å². The van der Waals surface area contributed by atoms with Crippen LogP contribution in [0.2, 0.25) is 0 Å². The minimum Gasteiger partial charge on any atom is -0.492 e. The number of benzene rings is 2. The molecule has 0 bridgehead atoms. The number of hydrogen-bond donors (Lipinski definition) is 1. The van der Waals surface area contributed by atoms with Crippen molar-refractivity contribution in [2.45, 2.75) is 30.8 Å². The fourth-order valence-electron chi connectivity index (χ4n) is 3.45. The summed E-state index contributed by atoms with van der Waals surface area (Å²) in [5.74, 6) is -1.88. The molecule has 1 fully saturated rings. The van der Waals surface area contributed by atoms with E-state index in [-0.39, 0.29) is 36.0 Å². The summed E-state index contributed by atoms with van der Waals surface area (Å²) in [6.07, 6.45) is -3.85. The number of hydrogen-bond acceptors (Lipinski definition) is 4. The Bertz CT molecular complexity index is 1070. The highest BCUT2D eigenvalue weighted by Gasteiger charge is 2.35. The first-order valence-corrected chi connectivity index (χ1v) is 11.4. The van der Waals surface area contributed by atoms with E-state index in [0.29, 0.717) is 12.8 Å². The van der Waals surface area contributed by atoms with Crippen LogP contribution in [0.3, 0.4) is 0 Å². The fourth-order valence-corrected chi connectivity index (χ4v) is 4.97. The average Bonchev–Trinajstić information content (AvgIpc) is 2.74. The Morgan fingerprint density at radius 3 is 2.50 bits per heavy atom. The summed E-state index contributed by atoms with van der Waals surface area (Å²) >= 11 is 0. The van der Waals surface area contributed by atoms with Crippen LogP contribution in [0.25, 0.3) is 0 Å². The minimum absolute atomic E-state index is 0.0837. The molecule has 2 aromatic carbocycles. The van der Waals surface area contributed by atoms with Gasteiger partial charge in [0, 0.05) is 13.1 Å². The maximum Gasteiger partial charge on any atom is 0.416 e. The van der Waals surface area contributed by atoms with Crippen molar-refractivity contribution >= 4 is 21.6 Å². The van der Waals surface area contributed by atoms with Crippen LogP contribution in [-0.2, 0) is 21.0 Å². The van der Waals surface area contributed by atoms with Crippen molar-refractivity contribution in [2.24, 2.45) is 5.92 Å². The molecule has 0 aromatic heterocycles. The van der Waals surface area contributed by atoms with Crippen LogP contribution in [0.15, 0.2) is 47.4 Å². The molecule has 0 radical (unpaired) electrons. The minimum atomic E-state index is -4.60. The SMILES string of the molecule is CCOc1ccc(C(F)(F)F)cc1NC(=O)C1CCCN(S(=O)(=O)c2ccc(F)cc2)C1. The molecule has 1 aliphatic heterocycles. The molecule has 1 heterocycles. The number of carbonyl (C=O) groups excluding carboxylic acids is 1. The zero-order valence-electron chi connectivity index (χ0n) is 17.2. The number of carbonyl (C=O) groups is 1. The normalized spacial score (nSPS) is 17.7. The van der Waals surface area contributed by atoms with E-state index >= 15 is 0 Å². The lowest BCUT2D eigenvalue weighted by molar-refractivity contribution is -0.137. The van der Waals surface area contributed by atoms with Gasteiger partial charge in [0.05, 0.1) is 28.7 Å². The van der Waals surface area contributed by atoms with Gasteiger partial charge in [-0.1, -0.05) is 0 Å². The molecular formula is C21H22F4N2O4S. The van der Waals surface area contributed by atoms with Gasteiger partial charge in [-0.25, -0.2) is 12.8 Å². The number of anilines is 1. The third-order valence-corrected chi connectivity index (χ3v) is 6.95. The van der Waals surface area contributed by atoms with Gasteiger partial charge in [0.15, 0.2) is 0 Å². The largest absolute Gasteiger partial charge is 0.492 e. The number of sulfonamides is 1. The topological polar surface area (TPSA) is 75.7 Å². The summed E-state index contributed by atoms with van der Waals surface area (Å²) in [4.78, 5) is 12.7. The Labute approximate surface area is 183 Å². The number of nitrogens with zero attached hydrogens (tertiary/aromatic N) is 1. The first-order chi connectivity index (χ1) is 15.0. The molecule has 1 amide bonds. The van der Waals surface area contributed by atoms with Crippen molar-refractivity contribution in [3.63, 3.8) is 0 Å². The molecule has 1 atom stereocenters. The molecule has 32 heavy (non-hydrogen) atoms. The third kappa shape index (κ3) is 5.39. The van der Waals surface area contributed by atoms with Gasteiger partial charge in [0.1, 0.15) is 11.6 Å². The van der Waals surface area contributed by atoms with E-state index in [1.165, 1.54) is 0 Å². The van der Waals surface area contributed by atoms with E-state index in [1.807, 2.05) is 0 Å². The Morgan fingerprint density at radius 2 is 1.88 bits per heavy atom. The summed E-state index contributed by atoms with van der Waals surface area (Å²) in [6, 6.07) is 7.13. The number of halogens is 4. The molecule has 1 unspecified atom stereocenters. The second-order valence-corrected chi connectivity index (χ2v) is 9.23. The number of ether oxygens (including phenoxy) is 1. The van der Waals surface area contributed by atoms with Crippen molar-refractivity contribution in [3.8, 4) is 5.75 Å². The van der Waals surface area contributed by atoms with E-state index < -0.39 is 39.4 Å². The standard InChI is InChI=1S/C21H22F4N2O4S/c1-2-31-19-10-5-15(21(23,24)25)12-18(19)26-20(28)14-4-3-11-27(13-14)32(29,30)17-8-6-16(22)7-9-17/h5-10,12,14H,2-4,11,13H2,1H3,(H,26,28). The average molecular weight is 474 g/mol. The molecule has 2 aromatic rings. The van der Waals surface area contributed by atoms with E-state index in [2.05, 4.69) is 5.32 Å². The predicted octanol–water partition coefficient (Wildman–Crippen LogP) is 4.28. The van der Waals surface area contributed by atoms with Crippen LogP contribution in [0.4, 0.5) is 23.2 Å². The van der Waals surface area contributed by atoms with E-state index in [0.717, 1.165) is 46.8 Å². The molecule has 11 heteroatoms. The maximum atomic E-state index is 13.1. The van der Waals surface area contributed by atoms with E-state index in [9.17, 15) is 30.8 Å². The van der Waals surface area contributed by atoms with Crippen molar-refractivity contribution in [3.05, 3.63) is 53.8 Å². The zero-order valence-corrected chi connectivity index (χ0v) is 18.0. The second-order valence-electron chi connectivity index (χ2n) is 7.29. The van der Waals surface area contributed by atoms with Gasteiger partial charge in [-0.2, -0.15) is 17.5 Å². The van der Waals surface area contributed by atoms with Gasteiger partial charge in [0.2, 0.25) is 15.9 Å². The zero-order chi connectivity index (χ0) is 23.5. The number of nitrogens with one attached hydrogen (secondary N) is 1. The quantitative estimate of drug-likeness (QED) is 0.634. The molecule has 1 aliphatic rings. The molecular weight excluding hydrogens is 452 g/mol. The Kier molecular flexibility index (Phi) is 7.09. The Balaban J connectivity index is 1.79. The van der Waals surface area contributed by atoms with Crippen molar-refractivity contribution in [2.75, 3.05) is 25.0 Å². The van der Waals surface area contributed by atoms with Crippen molar-refractivity contribution in [1.82, 2.24) is 4.31 Å². The van der Waals surface area contributed by atoms with Crippen LogP contribution < -0.4 is 10.1 Å². The lowest BCUT2D eigenvalue weighted by Crippen LogP contribution is -2.43. The van der Waals surface area contributed by atoms with E-state index in [4.69, 9.17) is 4.74 Å². The Morgan fingerprint density at radius 1 is 1.19 bits per heavy atom. The number of rotatable bonds is 6. The van der Waals surface area contributed by atoms with Gasteiger partial charge in [-0.05, 0) is 62.2 Å². The predicted molar refractivity (Wildman–Crippen MR) is 109 cm³/mol. The summed E-state index contributed by atoms with van der Waals surface area (Å²) in [5.41, 5.74) is -1.08. The molecule has 0 saturated carbocycles. The van der Waals surface area contributed by atoms with Gasteiger partial charge >= 0.3 is 6.18 Å². The molecule has 1 N–H and O–H groups in total. The molecule has 1 saturated heterocycles. The highest BCUT2D eigenvalue weighted by atomic mass is 32.2. The number of amides is 1. The molecule has 174 valence electrons. The van der Waals surface area contributed by atoms with Crippen molar-refractivity contribution < 1.29 is 35.5 Å². The molecule has 0 spiro atoms. The van der Waals surface area contributed by atoms with Crippen LogP contribution in [-0.4, -0.2) is 38.3 Å². The summed E-state index contributed by atoms with van der Waals surface area (Å²) in [6.45, 7) is 1.87. The number of piperidine rings is 1. The summed E-state index contributed by atoms with van der Waals surface area (Å²) < 4.78 is 84.6. The van der Waals surface area contributed by atoms with Crippen LogP contribution in [0.1, 0.15) is 25.3 Å². The smallest absolute Gasteiger partial charge is 0.416 e. The molecule has 0 aliphatic carbocycles. The van der Waals surface area contributed by atoms with Gasteiger partial charge in [-0.3, -0.25) is 4.79 Å². The highest BCUT2D eigenvalue weighted by Crippen LogP contribution is 2.35. The number of alkyl halides is 3. The maximum absolute atomic E-state index is 13.1. The lowest BCUT2D eigenvalue weighted by Gasteiger charge is -2.31. The first-order valence-electron chi connectivity index (χ1n) is 9.93. The van der Waals surface area contributed by atoms with Gasteiger partial charge in [-0.15, -0.1) is 0 Å². The molecule has 6 nitrogen and oxygen atoms in total. The fraction of sp³-hybridized carbons (Fsp3) is 0.381. The van der Waals surface area contributed by atoms with Crippen LogP contribution in [0.5, 0.6) is 5.75 Å². The van der Waals surface area contributed by atoms with Crippen LogP contribution >= 0.6 is 0 Å². The third-order valence-electron chi connectivity index (χ3n) is 5.07.